The lowest BCUT2D eigenvalue weighted by Gasteiger charge is -2.12. The summed E-state index contributed by atoms with van der Waals surface area (Å²) in [7, 11) is 3.17. The molecule has 1 aromatic heterocycles. The number of carbonyl (C=O) groups is 1. The molecule has 0 aliphatic heterocycles. The molecular weight excluding hydrogens is 438 g/mol. The fourth-order valence-electron chi connectivity index (χ4n) is 3.75. The van der Waals surface area contributed by atoms with E-state index >= 15 is 0 Å². The highest BCUT2D eigenvalue weighted by atomic mass is 35.5. The minimum Gasteiger partial charge on any atom is -0.496 e. The highest BCUT2D eigenvalue weighted by Gasteiger charge is 2.15. The van der Waals surface area contributed by atoms with Crippen molar-refractivity contribution in [2.75, 3.05) is 19.5 Å². The fraction of sp³-hybridized carbons (Fsp3) is 0.148. The Bertz CT molecular complexity index is 1350. The van der Waals surface area contributed by atoms with Crippen LogP contribution in [0.1, 0.15) is 18.1 Å². The van der Waals surface area contributed by atoms with Crippen molar-refractivity contribution in [2.24, 2.45) is 0 Å². The Hall–Kier alpha value is -3.70. The van der Waals surface area contributed by atoms with Gasteiger partial charge in [-0.25, -0.2) is 0 Å². The molecular formula is C27H24ClNO4. The summed E-state index contributed by atoms with van der Waals surface area (Å²) in [5, 5.41) is 4.49. The lowest BCUT2D eigenvalue weighted by atomic mass is 9.99. The van der Waals surface area contributed by atoms with E-state index in [0.29, 0.717) is 27.8 Å². The molecule has 0 fully saturated rings. The van der Waals surface area contributed by atoms with Crippen molar-refractivity contribution in [3.63, 3.8) is 0 Å². The van der Waals surface area contributed by atoms with Gasteiger partial charge in [0.25, 0.3) is 0 Å². The molecule has 5 nitrogen and oxygen atoms in total. The molecule has 1 amide bonds. The largest absolute Gasteiger partial charge is 0.496 e. The molecule has 1 N–H and O–H groups in total. The maximum Gasteiger partial charge on any atom is 0.248 e. The number of allylic oxidation sites excluding steroid dienone is 1. The van der Waals surface area contributed by atoms with Gasteiger partial charge in [-0.15, -0.1) is 0 Å². The molecule has 3 aromatic carbocycles. The van der Waals surface area contributed by atoms with Crippen LogP contribution in [0.5, 0.6) is 11.5 Å². The first-order valence-corrected chi connectivity index (χ1v) is 10.8. The van der Waals surface area contributed by atoms with Gasteiger partial charge in [0.1, 0.15) is 17.1 Å². The molecule has 0 aliphatic rings. The summed E-state index contributed by atoms with van der Waals surface area (Å²) in [6.07, 6.45) is 3.26. The first-order chi connectivity index (χ1) is 15.9. The number of methoxy groups -OCH3 is 2. The van der Waals surface area contributed by atoms with Crippen molar-refractivity contribution >= 4 is 39.7 Å². The zero-order valence-corrected chi connectivity index (χ0v) is 19.6. The minimum absolute atomic E-state index is 0.260. The van der Waals surface area contributed by atoms with Gasteiger partial charge in [0, 0.05) is 33.7 Å². The summed E-state index contributed by atoms with van der Waals surface area (Å²) < 4.78 is 16.7. The van der Waals surface area contributed by atoms with E-state index in [1.54, 1.807) is 26.6 Å². The summed E-state index contributed by atoms with van der Waals surface area (Å²) in [6.45, 7) is 3.83. The number of halogens is 1. The van der Waals surface area contributed by atoms with E-state index in [2.05, 4.69) is 5.32 Å². The smallest absolute Gasteiger partial charge is 0.248 e. The summed E-state index contributed by atoms with van der Waals surface area (Å²) in [5.41, 5.74) is 5.81. The summed E-state index contributed by atoms with van der Waals surface area (Å²) in [6, 6.07) is 17.0. The third kappa shape index (κ3) is 4.73. The van der Waals surface area contributed by atoms with Crippen LogP contribution in [0.4, 0.5) is 5.69 Å². The average Bonchev–Trinajstić information content (AvgIpc) is 3.21. The number of amides is 1. The van der Waals surface area contributed by atoms with Crippen molar-refractivity contribution < 1.29 is 18.7 Å². The molecule has 0 radical (unpaired) electrons. The highest BCUT2D eigenvalue weighted by molar-refractivity contribution is 6.30. The lowest BCUT2D eigenvalue weighted by molar-refractivity contribution is -0.111. The Kier molecular flexibility index (Phi) is 6.43. The molecule has 1 heterocycles. The second-order valence-electron chi connectivity index (χ2n) is 7.73. The van der Waals surface area contributed by atoms with E-state index in [9.17, 15) is 4.79 Å². The number of rotatable bonds is 6. The van der Waals surface area contributed by atoms with Crippen LogP contribution in [0.3, 0.4) is 0 Å². The molecule has 4 aromatic rings. The van der Waals surface area contributed by atoms with Gasteiger partial charge >= 0.3 is 0 Å². The zero-order chi connectivity index (χ0) is 23.5. The number of hydrogen-bond donors (Lipinski definition) is 1. The number of benzene rings is 3. The van der Waals surface area contributed by atoms with Crippen LogP contribution < -0.4 is 14.8 Å². The van der Waals surface area contributed by atoms with E-state index in [4.69, 9.17) is 25.5 Å². The summed E-state index contributed by atoms with van der Waals surface area (Å²) in [5.74, 6) is 0.961. The van der Waals surface area contributed by atoms with Gasteiger partial charge in [0.2, 0.25) is 5.91 Å². The second kappa shape index (κ2) is 9.43. The zero-order valence-electron chi connectivity index (χ0n) is 18.9. The van der Waals surface area contributed by atoms with Gasteiger partial charge in [0.05, 0.1) is 26.2 Å². The maximum atomic E-state index is 12.8. The SMILES string of the molecule is COc1ccc(C)cc1NC(=O)/C=C(\C)c1cc2c(-c3ccc(Cl)cc3)coc2cc1OC. The van der Waals surface area contributed by atoms with Crippen molar-refractivity contribution in [2.45, 2.75) is 13.8 Å². The van der Waals surface area contributed by atoms with Crippen LogP contribution in [0, 0.1) is 6.92 Å². The topological polar surface area (TPSA) is 60.7 Å². The third-order valence-electron chi connectivity index (χ3n) is 5.44. The van der Waals surface area contributed by atoms with Crippen LogP contribution in [0.2, 0.25) is 5.02 Å². The van der Waals surface area contributed by atoms with Crippen LogP contribution >= 0.6 is 11.6 Å². The Morgan fingerprint density at radius 3 is 2.42 bits per heavy atom. The standard InChI is InChI=1S/C27H24ClNO4/c1-16-5-10-24(31-3)23(11-16)29-27(30)12-17(2)20-13-21-22(18-6-8-19(28)9-7-18)15-33-26(21)14-25(20)32-4/h5-15H,1-4H3,(H,29,30)/b17-12+. The monoisotopic (exact) mass is 461 g/mol. The predicted octanol–water partition coefficient (Wildman–Crippen LogP) is 7.12. The molecule has 0 unspecified atom stereocenters. The molecule has 0 bridgehead atoms. The van der Waals surface area contributed by atoms with Crippen LogP contribution in [0.15, 0.2) is 71.4 Å². The Morgan fingerprint density at radius 2 is 1.73 bits per heavy atom. The minimum atomic E-state index is -0.260. The van der Waals surface area contributed by atoms with E-state index < -0.39 is 0 Å². The van der Waals surface area contributed by atoms with Crippen LogP contribution in [-0.4, -0.2) is 20.1 Å². The number of ether oxygens (including phenoxy) is 2. The molecule has 4 rings (SSSR count). The van der Waals surface area contributed by atoms with E-state index in [-0.39, 0.29) is 5.91 Å². The number of carbonyl (C=O) groups excluding carboxylic acids is 1. The second-order valence-corrected chi connectivity index (χ2v) is 8.16. The Balaban J connectivity index is 1.71. The van der Waals surface area contributed by atoms with Crippen molar-refractivity contribution in [3.8, 4) is 22.6 Å². The van der Waals surface area contributed by atoms with E-state index in [1.165, 1.54) is 0 Å². The van der Waals surface area contributed by atoms with Crippen molar-refractivity contribution in [1.82, 2.24) is 0 Å². The number of anilines is 1. The molecule has 0 spiro atoms. The Labute approximate surface area is 197 Å². The molecule has 0 saturated heterocycles. The van der Waals surface area contributed by atoms with E-state index in [0.717, 1.165) is 33.2 Å². The lowest BCUT2D eigenvalue weighted by Crippen LogP contribution is -2.10. The van der Waals surface area contributed by atoms with Crippen molar-refractivity contribution in [3.05, 3.63) is 83.1 Å². The number of fused-ring (bicyclic) bond motifs is 1. The predicted molar refractivity (Wildman–Crippen MR) is 133 cm³/mol. The summed E-state index contributed by atoms with van der Waals surface area (Å²) in [4.78, 5) is 12.8. The van der Waals surface area contributed by atoms with Gasteiger partial charge in [0.15, 0.2) is 0 Å². The van der Waals surface area contributed by atoms with Gasteiger partial charge in [-0.05, 0) is 60.9 Å². The Morgan fingerprint density at radius 1 is 1.00 bits per heavy atom. The number of furan rings is 1. The van der Waals surface area contributed by atoms with Crippen LogP contribution in [0.25, 0.3) is 27.7 Å². The average molecular weight is 462 g/mol. The van der Waals surface area contributed by atoms with E-state index in [1.807, 2.05) is 68.4 Å². The first-order valence-electron chi connectivity index (χ1n) is 10.4. The molecule has 0 saturated carbocycles. The molecule has 0 atom stereocenters. The number of aryl methyl sites for hydroxylation is 1. The van der Waals surface area contributed by atoms with Gasteiger partial charge < -0.3 is 19.2 Å². The van der Waals surface area contributed by atoms with Gasteiger partial charge in [-0.2, -0.15) is 0 Å². The molecule has 0 aliphatic carbocycles. The highest BCUT2D eigenvalue weighted by Crippen LogP contribution is 2.37. The van der Waals surface area contributed by atoms with Gasteiger partial charge in [-0.1, -0.05) is 29.8 Å². The molecule has 6 heteroatoms. The van der Waals surface area contributed by atoms with Crippen LogP contribution in [-0.2, 0) is 4.79 Å². The maximum absolute atomic E-state index is 12.8. The number of hydrogen-bond acceptors (Lipinski definition) is 4. The normalized spacial score (nSPS) is 11.5. The fourth-order valence-corrected chi connectivity index (χ4v) is 3.87. The van der Waals surface area contributed by atoms with Crippen molar-refractivity contribution in [1.29, 1.82) is 0 Å². The van der Waals surface area contributed by atoms with Gasteiger partial charge in [-0.3, -0.25) is 4.79 Å². The summed E-state index contributed by atoms with van der Waals surface area (Å²) >= 11 is 6.04. The molecule has 168 valence electrons. The first kappa shape index (κ1) is 22.5. The number of nitrogens with one attached hydrogen (secondary N) is 1. The molecule has 33 heavy (non-hydrogen) atoms. The third-order valence-corrected chi connectivity index (χ3v) is 5.69. The quantitative estimate of drug-likeness (QED) is 0.310.